The van der Waals surface area contributed by atoms with Crippen molar-refractivity contribution in [3.63, 3.8) is 0 Å². The summed E-state index contributed by atoms with van der Waals surface area (Å²) in [4.78, 5) is 26.6. The van der Waals surface area contributed by atoms with Gasteiger partial charge in [0.25, 0.3) is 0 Å². The van der Waals surface area contributed by atoms with Crippen LogP contribution >= 0.6 is 0 Å². The van der Waals surface area contributed by atoms with Crippen LogP contribution < -0.4 is 5.73 Å². The Labute approximate surface area is 166 Å². The standard InChI is InChI=1S/C21H21F3N3O2/c22-21(23,24)18-8-6-17(7-9-18)16-4-1-15(2-5-16)3-10-19(28)26-11-13-27(14-12-26)20(25)29/h1-2,4-10H,3,11-14H2,(H2,25,29). The van der Waals surface area contributed by atoms with E-state index in [2.05, 4.69) is 0 Å². The highest BCUT2D eigenvalue weighted by atomic mass is 19.4. The highest BCUT2D eigenvalue weighted by Crippen LogP contribution is 2.31. The van der Waals surface area contributed by atoms with Gasteiger partial charge in [0, 0.05) is 26.2 Å². The zero-order chi connectivity index (χ0) is 21.0. The van der Waals surface area contributed by atoms with Crippen molar-refractivity contribution in [1.82, 2.24) is 9.80 Å². The smallest absolute Gasteiger partial charge is 0.351 e. The van der Waals surface area contributed by atoms with E-state index in [1.54, 1.807) is 11.3 Å². The minimum Gasteiger partial charge on any atom is -0.351 e. The van der Waals surface area contributed by atoms with Crippen LogP contribution in [0.2, 0.25) is 0 Å². The summed E-state index contributed by atoms with van der Waals surface area (Å²) < 4.78 is 38.0. The van der Waals surface area contributed by atoms with Crippen molar-refractivity contribution in [2.24, 2.45) is 5.73 Å². The lowest BCUT2D eigenvalue weighted by Crippen LogP contribution is -2.52. The molecule has 2 N–H and O–H groups in total. The molecule has 1 radical (unpaired) electrons. The number of primary amides is 1. The zero-order valence-electron chi connectivity index (χ0n) is 15.7. The molecule has 2 aromatic rings. The predicted molar refractivity (Wildman–Crippen MR) is 103 cm³/mol. The maximum Gasteiger partial charge on any atom is 0.416 e. The van der Waals surface area contributed by atoms with E-state index in [4.69, 9.17) is 5.73 Å². The molecule has 0 aromatic heterocycles. The molecule has 153 valence electrons. The van der Waals surface area contributed by atoms with Crippen LogP contribution in [0.25, 0.3) is 11.1 Å². The van der Waals surface area contributed by atoms with E-state index >= 15 is 0 Å². The van der Waals surface area contributed by atoms with Gasteiger partial charge in [-0.05, 0) is 35.2 Å². The number of hydrogen-bond donors (Lipinski definition) is 1. The molecule has 0 aliphatic carbocycles. The molecule has 0 bridgehead atoms. The Hall–Kier alpha value is -3.03. The Morgan fingerprint density at radius 3 is 1.83 bits per heavy atom. The molecule has 0 atom stereocenters. The lowest BCUT2D eigenvalue weighted by Gasteiger charge is -2.33. The average molecular weight is 404 g/mol. The first kappa shape index (κ1) is 20.7. The van der Waals surface area contributed by atoms with Crippen LogP contribution in [0, 0.1) is 6.42 Å². The highest BCUT2D eigenvalue weighted by molar-refractivity contribution is 5.85. The molecule has 5 nitrogen and oxygen atoms in total. The van der Waals surface area contributed by atoms with Crippen LogP contribution in [0.5, 0.6) is 0 Å². The maximum absolute atomic E-state index is 12.7. The first-order valence-corrected chi connectivity index (χ1v) is 9.17. The van der Waals surface area contributed by atoms with Gasteiger partial charge >= 0.3 is 12.2 Å². The second kappa shape index (κ2) is 8.55. The Morgan fingerprint density at radius 1 is 0.862 bits per heavy atom. The normalized spacial score (nSPS) is 14.7. The van der Waals surface area contributed by atoms with Gasteiger partial charge in [0.1, 0.15) is 0 Å². The Balaban J connectivity index is 1.53. The molecule has 1 fully saturated rings. The summed E-state index contributed by atoms with van der Waals surface area (Å²) >= 11 is 0. The third-order valence-electron chi connectivity index (χ3n) is 4.91. The number of carbonyl (C=O) groups is 2. The fourth-order valence-electron chi connectivity index (χ4n) is 3.17. The monoisotopic (exact) mass is 404 g/mol. The maximum atomic E-state index is 12.7. The SMILES string of the molecule is NC(=O)N1CCN(C(=O)[CH]Cc2ccc(-c3ccc(C(F)(F)F)cc3)cc2)CC1. The Kier molecular flexibility index (Phi) is 6.10. The summed E-state index contributed by atoms with van der Waals surface area (Å²) in [6.45, 7) is 1.75. The number of amides is 3. The molecule has 0 unspecified atom stereocenters. The van der Waals surface area contributed by atoms with Crippen LogP contribution in [0.4, 0.5) is 18.0 Å². The first-order chi connectivity index (χ1) is 13.7. The van der Waals surface area contributed by atoms with Gasteiger partial charge < -0.3 is 15.5 Å². The van der Waals surface area contributed by atoms with Crippen molar-refractivity contribution in [2.45, 2.75) is 12.6 Å². The number of hydrogen-bond acceptors (Lipinski definition) is 2. The van der Waals surface area contributed by atoms with Crippen molar-refractivity contribution in [3.8, 4) is 11.1 Å². The summed E-state index contributed by atoms with van der Waals surface area (Å²) in [6.07, 6.45) is -2.31. The van der Waals surface area contributed by atoms with Gasteiger partial charge in [0.2, 0.25) is 5.91 Å². The van der Waals surface area contributed by atoms with Gasteiger partial charge in [-0.15, -0.1) is 0 Å². The fraction of sp³-hybridized carbons (Fsp3) is 0.286. The van der Waals surface area contributed by atoms with Gasteiger partial charge in [-0.25, -0.2) is 4.79 Å². The predicted octanol–water partition coefficient (Wildman–Crippen LogP) is 3.34. The van der Waals surface area contributed by atoms with Crippen molar-refractivity contribution in [3.05, 3.63) is 66.1 Å². The largest absolute Gasteiger partial charge is 0.416 e. The number of nitrogens with two attached hydrogens (primary N) is 1. The van der Waals surface area contributed by atoms with E-state index in [-0.39, 0.29) is 5.91 Å². The number of rotatable bonds is 4. The van der Waals surface area contributed by atoms with Crippen molar-refractivity contribution < 1.29 is 22.8 Å². The summed E-state index contributed by atoms with van der Waals surface area (Å²) in [5, 5.41) is 0. The number of benzene rings is 2. The van der Waals surface area contributed by atoms with Crippen LogP contribution in [-0.2, 0) is 17.4 Å². The molecule has 1 aliphatic heterocycles. The average Bonchev–Trinajstić information content (AvgIpc) is 2.72. The fourth-order valence-corrected chi connectivity index (χ4v) is 3.17. The number of nitrogens with zero attached hydrogens (tertiary/aromatic N) is 2. The molecule has 1 saturated heterocycles. The highest BCUT2D eigenvalue weighted by Gasteiger charge is 2.30. The van der Waals surface area contributed by atoms with Crippen LogP contribution in [-0.4, -0.2) is 47.9 Å². The summed E-state index contributed by atoms with van der Waals surface area (Å²) in [6, 6.07) is 11.9. The van der Waals surface area contributed by atoms with E-state index < -0.39 is 17.8 Å². The van der Waals surface area contributed by atoms with Gasteiger partial charge in [0.15, 0.2) is 0 Å². The van der Waals surface area contributed by atoms with Gasteiger partial charge in [0.05, 0.1) is 12.0 Å². The van der Waals surface area contributed by atoms with Crippen molar-refractivity contribution in [2.75, 3.05) is 26.2 Å². The molecule has 3 rings (SSSR count). The molecule has 2 aromatic carbocycles. The first-order valence-electron chi connectivity index (χ1n) is 9.17. The van der Waals surface area contributed by atoms with E-state index in [1.807, 2.05) is 24.3 Å². The van der Waals surface area contributed by atoms with Crippen LogP contribution in [0.15, 0.2) is 48.5 Å². The zero-order valence-corrected chi connectivity index (χ0v) is 15.7. The minimum absolute atomic E-state index is 0.0964. The Morgan fingerprint density at radius 2 is 1.34 bits per heavy atom. The molecule has 3 amide bonds. The molecule has 0 spiro atoms. The Bertz CT molecular complexity index is 856. The van der Waals surface area contributed by atoms with Crippen molar-refractivity contribution in [1.29, 1.82) is 0 Å². The van der Waals surface area contributed by atoms with Gasteiger partial charge in [-0.2, -0.15) is 13.2 Å². The van der Waals surface area contributed by atoms with Crippen molar-refractivity contribution >= 4 is 11.9 Å². The van der Waals surface area contributed by atoms with Crippen LogP contribution in [0.3, 0.4) is 0 Å². The summed E-state index contributed by atoms with van der Waals surface area (Å²) in [7, 11) is 0. The van der Waals surface area contributed by atoms with Gasteiger partial charge in [-0.3, -0.25) is 4.79 Å². The molecular weight excluding hydrogens is 383 g/mol. The van der Waals surface area contributed by atoms with Crippen LogP contribution in [0.1, 0.15) is 11.1 Å². The van der Waals surface area contributed by atoms with E-state index in [1.165, 1.54) is 17.0 Å². The number of piperazine rings is 1. The lowest BCUT2D eigenvalue weighted by atomic mass is 10.0. The van der Waals surface area contributed by atoms with E-state index in [0.717, 1.165) is 23.3 Å². The molecule has 8 heteroatoms. The minimum atomic E-state index is -4.35. The summed E-state index contributed by atoms with van der Waals surface area (Å²) in [5.41, 5.74) is 6.97. The molecular formula is C21H21F3N3O2. The number of alkyl halides is 3. The molecule has 0 saturated carbocycles. The van der Waals surface area contributed by atoms with Gasteiger partial charge in [-0.1, -0.05) is 36.4 Å². The second-order valence-corrected chi connectivity index (χ2v) is 6.83. The second-order valence-electron chi connectivity index (χ2n) is 6.83. The topological polar surface area (TPSA) is 66.6 Å². The molecule has 1 heterocycles. The third kappa shape index (κ3) is 5.28. The number of carbonyl (C=O) groups excluding carboxylic acids is 2. The number of halogens is 3. The molecule has 1 aliphatic rings. The van der Waals surface area contributed by atoms with E-state index in [0.29, 0.717) is 38.2 Å². The van der Waals surface area contributed by atoms with E-state index in [9.17, 15) is 22.8 Å². The summed E-state index contributed by atoms with van der Waals surface area (Å²) in [5.74, 6) is -0.0964. The lowest BCUT2D eigenvalue weighted by molar-refractivity contribution is -0.137. The number of urea groups is 1. The third-order valence-corrected chi connectivity index (χ3v) is 4.91. The quantitative estimate of drug-likeness (QED) is 0.849. The molecule has 29 heavy (non-hydrogen) atoms.